The van der Waals surface area contributed by atoms with Gasteiger partial charge < -0.3 is 10.2 Å². The van der Waals surface area contributed by atoms with E-state index in [0.29, 0.717) is 37.2 Å². The van der Waals surface area contributed by atoms with Crippen LogP contribution in [-0.4, -0.2) is 24.0 Å². The van der Waals surface area contributed by atoms with Gasteiger partial charge in [0.2, 0.25) is 5.91 Å². The second kappa shape index (κ2) is 8.29. The van der Waals surface area contributed by atoms with Gasteiger partial charge in [-0.1, -0.05) is 23.2 Å². The molecule has 1 aromatic heterocycles. The number of aryl methyl sites for hydroxylation is 1. The summed E-state index contributed by atoms with van der Waals surface area (Å²) in [6.45, 7) is 3.33. The number of rotatable bonds is 3. The predicted molar refractivity (Wildman–Crippen MR) is 116 cm³/mol. The first-order valence-corrected chi connectivity index (χ1v) is 10.1. The monoisotopic (exact) mass is 422 g/mol. The largest absolute Gasteiger partial charge is 0.370 e. The van der Waals surface area contributed by atoms with Crippen molar-refractivity contribution in [3.8, 4) is 6.07 Å². The molecule has 0 saturated carbocycles. The van der Waals surface area contributed by atoms with Crippen molar-refractivity contribution < 1.29 is 9.18 Å². The molecule has 1 aliphatic heterocycles. The molecule has 1 saturated heterocycles. The fourth-order valence-electron chi connectivity index (χ4n) is 3.90. The molecule has 0 radical (unpaired) electrons. The van der Waals surface area contributed by atoms with Crippen molar-refractivity contribution in [1.29, 1.82) is 5.26 Å². The van der Waals surface area contributed by atoms with Crippen molar-refractivity contribution >= 4 is 39.8 Å². The lowest BCUT2D eigenvalue weighted by atomic mass is 9.94. The number of anilines is 2. The van der Waals surface area contributed by atoms with Crippen LogP contribution in [0.25, 0.3) is 10.9 Å². The molecular weight excluding hydrogens is 403 g/mol. The zero-order valence-corrected chi connectivity index (χ0v) is 17.2. The summed E-state index contributed by atoms with van der Waals surface area (Å²) >= 11 is 5.79. The van der Waals surface area contributed by atoms with Gasteiger partial charge in [0.1, 0.15) is 11.9 Å². The SMILES string of the molecule is Cc1ccc2ncc(C#N)c(N3CCC(C(=O)Nc4ccc(F)c(Cl)c4)CC3)c2c1. The maximum atomic E-state index is 13.3. The Hall–Kier alpha value is -3.17. The molecule has 152 valence electrons. The fourth-order valence-corrected chi connectivity index (χ4v) is 4.08. The quantitative estimate of drug-likeness (QED) is 0.640. The smallest absolute Gasteiger partial charge is 0.227 e. The van der Waals surface area contributed by atoms with Gasteiger partial charge in [-0.2, -0.15) is 5.26 Å². The van der Waals surface area contributed by atoms with E-state index >= 15 is 0 Å². The van der Waals surface area contributed by atoms with E-state index in [1.807, 2.05) is 19.1 Å². The number of benzene rings is 2. The van der Waals surface area contributed by atoms with Crippen LogP contribution in [0.4, 0.5) is 15.8 Å². The lowest BCUT2D eigenvalue weighted by Crippen LogP contribution is -2.38. The van der Waals surface area contributed by atoms with Crippen LogP contribution in [0.1, 0.15) is 24.0 Å². The number of carbonyl (C=O) groups excluding carboxylic acids is 1. The summed E-state index contributed by atoms with van der Waals surface area (Å²) in [4.78, 5) is 19.2. The van der Waals surface area contributed by atoms with Crippen LogP contribution in [0.15, 0.2) is 42.6 Å². The Bertz CT molecular complexity index is 1170. The first-order chi connectivity index (χ1) is 14.5. The van der Waals surface area contributed by atoms with Crippen molar-refractivity contribution in [3.05, 3.63) is 64.6 Å². The normalized spacial score (nSPS) is 14.5. The Morgan fingerprint density at radius 2 is 2.03 bits per heavy atom. The summed E-state index contributed by atoms with van der Waals surface area (Å²) < 4.78 is 13.3. The molecule has 30 heavy (non-hydrogen) atoms. The highest BCUT2D eigenvalue weighted by Gasteiger charge is 2.27. The van der Waals surface area contributed by atoms with Crippen molar-refractivity contribution in [2.75, 3.05) is 23.3 Å². The first-order valence-electron chi connectivity index (χ1n) is 9.76. The minimum Gasteiger partial charge on any atom is -0.370 e. The number of fused-ring (bicyclic) bond motifs is 1. The Morgan fingerprint density at radius 1 is 1.27 bits per heavy atom. The van der Waals surface area contributed by atoms with Gasteiger partial charge in [-0.05, 0) is 50.1 Å². The highest BCUT2D eigenvalue weighted by Crippen LogP contribution is 2.33. The van der Waals surface area contributed by atoms with Gasteiger partial charge in [0, 0.05) is 36.3 Å². The Kier molecular flexibility index (Phi) is 5.56. The van der Waals surface area contributed by atoms with E-state index in [9.17, 15) is 14.4 Å². The topological polar surface area (TPSA) is 69.0 Å². The van der Waals surface area contributed by atoms with Crippen LogP contribution < -0.4 is 10.2 Å². The number of halogens is 2. The van der Waals surface area contributed by atoms with Crippen molar-refractivity contribution in [2.45, 2.75) is 19.8 Å². The van der Waals surface area contributed by atoms with Gasteiger partial charge >= 0.3 is 0 Å². The minimum atomic E-state index is -0.518. The van der Waals surface area contributed by atoms with E-state index in [-0.39, 0.29) is 16.8 Å². The molecule has 0 spiro atoms. The third-order valence-electron chi connectivity index (χ3n) is 5.48. The molecule has 7 heteroatoms. The average molecular weight is 423 g/mol. The molecule has 0 bridgehead atoms. The lowest BCUT2D eigenvalue weighted by Gasteiger charge is -2.34. The number of hydrogen-bond acceptors (Lipinski definition) is 4. The highest BCUT2D eigenvalue weighted by atomic mass is 35.5. The zero-order chi connectivity index (χ0) is 21.3. The van der Waals surface area contributed by atoms with Crippen LogP contribution in [0.5, 0.6) is 0 Å². The molecule has 0 atom stereocenters. The number of carbonyl (C=O) groups is 1. The van der Waals surface area contributed by atoms with E-state index in [1.54, 1.807) is 6.20 Å². The van der Waals surface area contributed by atoms with E-state index in [0.717, 1.165) is 22.2 Å². The number of nitrogens with one attached hydrogen (secondary N) is 1. The second-order valence-electron chi connectivity index (χ2n) is 7.53. The standard InChI is InChI=1S/C23H20ClFN4O/c1-14-2-5-21-18(10-14)22(16(12-26)13-27-21)29-8-6-15(7-9-29)23(30)28-17-3-4-20(25)19(24)11-17/h2-5,10-11,13,15H,6-9H2,1H3,(H,28,30). The summed E-state index contributed by atoms with van der Waals surface area (Å²) in [7, 11) is 0. The van der Waals surface area contributed by atoms with Crippen LogP contribution in [0, 0.1) is 30.0 Å². The van der Waals surface area contributed by atoms with Gasteiger partial charge in [-0.3, -0.25) is 9.78 Å². The fraction of sp³-hybridized carbons (Fsp3) is 0.261. The molecule has 0 aliphatic carbocycles. The van der Waals surface area contributed by atoms with Crippen LogP contribution >= 0.6 is 11.6 Å². The van der Waals surface area contributed by atoms with Gasteiger partial charge in [-0.25, -0.2) is 4.39 Å². The molecule has 4 rings (SSSR count). The van der Waals surface area contributed by atoms with Crippen LogP contribution in [0.2, 0.25) is 5.02 Å². The number of amides is 1. The maximum absolute atomic E-state index is 13.3. The van der Waals surface area contributed by atoms with Crippen LogP contribution in [0.3, 0.4) is 0 Å². The third kappa shape index (κ3) is 3.94. The number of pyridine rings is 1. The summed E-state index contributed by atoms with van der Waals surface area (Å²) in [6.07, 6.45) is 2.92. The van der Waals surface area contributed by atoms with E-state index in [2.05, 4.69) is 27.3 Å². The number of aromatic nitrogens is 1. The summed E-state index contributed by atoms with van der Waals surface area (Å²) in [5, 5.41) is 13.4. The Labute approximate surface area is 179 Å². The summed E-state index contributed by atoms with van der Waals surface area (Å²) in [6, 6.07) is 12.4. The number of piperidine rings is 1. The highest BCUT2D eigenvalue weighted by molar-refractivity contribution is 6.31. The lowest BCUT2D eigenvalue weighted by molar-refractivity contribution is -0.120. The van der Waals surface area contributed by atoms with Crippen LogP contribution in [-0.2, 0) is 4.79 Å². The Balaban J connectivity index is 1.51. The predicted octanol–water partition coefficient (Wildman–Crippen LogP) is 5.06. The maximum Gasteiger partial charge on any atom is 0.227 e. The van der Waals surface area contributed by atoms with Gasteiger partial charge in [0.05, 0.1) is 21.8 Å². The molecule has 2 heterocycles. The molecule has 1 amide bonds. The molecule has 1 fully saturated rings. The number of hydrogen-bond donors (Lipinski definition) is 1. The third-order valence-corrected chi connectivity index (χ3v) is 5.77. The number of nitrogens with zero attached hydrogens (tertiary/aromatic N) is 3. The van der Waals surface area contributed by atoms with E-state index in [1.165, 1.54) is 18.2 Å². The molecule has 1 N–H and O–H groups in total. The molecule has 0 unspecified atom stereocenters. The zero-order valence-electron chi connectivity index (χ0n) is 16.5. The Morgan fingerprint density at radius 3 is 2.73 bits per heavy atom. The molecule has 2 aromatic carbocycles. The van der Waals surface area contributed by atoms with Gasteiger partial charge in [0.15, 0.2) is 0 Å². The summed E-state index contributed by atoms with van der Waals surface area (Å²) in [5.41, 5.74) is 3.86. The van der Waals surface area contributed by atoms with Crippen molar-refractivity contribution in [2.24, 2.45) is 5.92 Å². The van der Waals surface area contributed by atoms with Gasteiger partial charge in [0.25, 0.3) is 0 Å². The minimum absolute atomic E-state index is 0.0217. The average Bonchev–Trinajstić information content (AvgIpc) is 2.75. The van der Waals surface area contributed by atoms with E-state index in [4.69, 9.17) is 11.6 Å². The number of nitriles is 1. The molecular formula is C23H20ClFN4O. The molecule has 5 nitrogen and oxygen atoms in total. The molecule has 1 aliphatic rings. The van der Waals surface area contributed by atoms with Gasteiger partial charge in [-0.15, -0.1) is 0 Å². The first kappa shape index (κ1) is 20.1. The van der Waals surface area contributed by atoms with E-state index < -0.39 is 5.82 Å². The van der Waals surface area contributed by atoms with Crippen molar-refractivity contribution in [3.63, 3.8) is 0 Å². The molecule has 3 aromatic rings. The second-order valence-corrected chi connectivity index (χ2v) is 7.94. The van der Waals surface area contributed by atoms with Crippen molar-refractivity contribution in [1.82, 2.24) is 4.98 Å². The summed E-state index contributed by atoms with van der Waals surface area (Å²) in [5.74, 6) is -0.783.